The first kappa shape index (κ1) is 10.0. The third-order valence-electron chi connectivity index (χ3n) is 2.60. The molecule has 17 heavy (non-hydrogen) atoms. The minimum atomic E-state index is -0.772. The van der Waals surface area contributed by atoms with Crippen LogP contribution in [0.3, 0.4) is 0 Å². The highest BCUT2D eigenvalue weighted by atomic mass is 32.1. The molecule has 0 saturated carbocycles. The number of hydrogen-bond donors (Lipinski definition) is 1. The molecular formula is C12H7NO3S. The van der Waals surface area contributed by atoms with E-state index in [4.69, 9.17) is 10.2 Å². The number of amides is 1. The SMILES string of the molecule is NC(=O)c1cc2ccc3sccc3c2oc1=O. The van der Waals surface area contributed by atoms with E-state index in [0.717, 1.165) is 10.1 Å². The van der Waals surface area contributed by atoms with Gasteiger partial charge in [-0.05, 0) is 29.6 Å². The van der Waals surface area contributed by atoms with Crippen LogP contribution < -0.4 is 11.4 Å². The zero-order valence-corrected chi connectivity index (χ0v) is 9.41. The van der Waals surface area contributed by atoms with E-state index in [-0.39, 0.29) is 5.56 Å². The smallest absolute Gasteiger partial charge is 0.349 e. The summed E-state index contributed by atoms with van der Waals surface area (Å²) in [7, 11) is 0. The van der Waals surface area contributed by atoms with Crippen molar-refractivity contribution in [1.29, 1.82) is 0 Å². The minimum Gasteiger partial charge on any atom is -0.421 e. The van der Waals surface area contributed by atoms with Crippen LogP contribution in [0.25, 0.3) is 21.1 Å². The normalized spacial score (nSPS) is 11.1. The number of rotatable bonds is 1. The Hall–Kier alpha value is -2.14. The zero-order valence-electron chi connectivity index (χ0n) is 8.60. The van der Waals surface area contributed by atoms with Crippen LogP contribution in [0.15, 0.2) is 38.9 Å². The fourth-order valence-electron chi connectivity index (χ4n) is 1.80. The lowest BCUT2D eigenvalue weighted by molar-refractivity contribution is 0.0997. The van der Waals surface area contributed by atoms with Gasteiger partial charge in [0.1, 0.15) is 11.1 Å². The molecule has 5 heteroatoms. The molecule has 0 spiro atoms. The van der Waals surface area contributed by atoms with Gasteiger partial charge in [-0.15, -0.1) is 11.3 Å². The lowest BCUT2D eigenvalue weighted by atomic mass is 10.1. The third kappa shape index (κ3) is 1.43. The summed E-state index contributed by atoms with van der Waals surface area (Å²) in [5.41, 5.74) is 4.79. The molecule has 0 atom stereocenters. The summed E-state index contributed by atoms with van der Waals surface area (Å²) < 4.78 is 6.21. The van der Waals surface area contributed by atoms with Crippen molar-refractivity contribution in [3.05, 3.63) is 45.6 Å². The Morgan fingerprint density at radius 1 is 1.29 bits per heavy atom. The van der Waals surface area contributed by atoms with Crippen molar-refractivity contribution < 1.29 is 9.21 Å². The molecule has 0 aliphatic carbocycles. The Morgan fingerprint density at radius 2 is 2.12 bits per heavy atom. The number of primary amides is 1. The molecule has 1 amide bonds. The monoisotopic (exact) mass is 245 g/mol. The molecular weight excluding hydrogens is 238 g/mol. The van der Waals surface area contributed by atoms with Gasteiger partial charge in [0.15, 0.2) is 0 Å². The molecule has 3 aromatic rings. The molecule has 4 nitrogen and oxygen atoms in total. The van der Waals surface area contributed by atoms with Gasteiger partial charge < -0.3 is 10.2 Å². The van der Waals surface area contributed by atoms with Gasteiger partial charge in [0.2, 0.25) is 0 Å². The summed E-state index contributed by atoms with van der Waals surface area (Å²) in [4.78, 5) is 22.6. The topological polar surface area (TPSA) is 73.3 Å². The summed E-state index contributed by atoms with van der Waals surface area (Å²) in [5, 5.41) is 3.50. The Balaban J connectivity index is 2.51. The maximum absolute atomic E-state index is 11.6. The second kappa shape index (κ2) is 3.43. The number of hydrogen-bond acceptors (Lipinski definition) is 4. The van der Waals surface area contributed by atoms with Gasteiger partial charge >= 0.3 is 5.63 Å². The van der Waals surface area contributed by atoms with Crippen LogP contribution in [0.2, 0.25) is 0 Å². The highest BCUT2D eigenvalue weighted by Gasteiger charge is 2.12. The van der Waals surface area contributed by atoms with Gasteiger partial charge in [-0.25, -0.2) is 4.79 Å². The van der Waals surface area contributed by atoms with Gasteiger partial charge in [-0.1, -0.05) is 0 Å². The maximum Gasteiger partial charge on any atom is 0.349 e. The molecule has 0 bridgehead atoms. The van der Waals surface area contributed by atoms with E-state index in [0.29, 0.717) is 11.0 Å². The van der Waals surface area contributed by atoms with Gasteiger partial charge in [0.25, 0.3) is 5.91 Å². The molecule has 0 saturated heterocycles. The van der Waals surface area contributed by atoms with E-state index < -0.39 is 11.5 Å². The summed E-state index contributed by atoms with van der Waals surface area (Å²) in [6.45, 7) is 0. The minimum absolute atomic E-state index is 0.118. The number of benzene rings is 1. The third-order valence-corrected chi connectivity index (χ3v) is 3.48. The number of nitrogens with two attached hydrogens (primary N) is 1. The molecule has 3 rings (SSSR count). The summed E-state index contributed by atoms with van der Waals surface area (Å²) >= 11 is 1.56. The largest absolute Gasteiger partial charge is 0.421 e. The number of carbonyl (C=O) groups is 1. The predicted molar refractivity (Wildman–Crippen MR) is 66.4 cm³/mol. The Morgan fingerprint density at radius 3 is 2.88 bits per heavy atom. The van der Waals surface area contributed by atoms with Crippen LogP contribution in [0.4, 0.5) is 0 Å². The van der Waals surface area contributed by atoms with Crippen LogP contribution in [0, 0.1) is 0 Å². The lowest BCUT2D eigenvalue weighted by Crippen LogP contribution is -2.20. The second-order valence-corrected chi connectivity index (χ2v) is 4.58. The van der Waals surface area contributed by atoms with Crippen LogP contribution in [-0.2, 0) is 0 Å². The highest BCUT2D eigenvalue weighted by Crippen LogP contribution is 2.28. The average molecular weight is 245 g/mol. The van der Waals surface area contributed by atoms with Crippen molar-refractivity contribution in [3.8, 4) is 0 Å². The highest BCUT2D eigenvalue weighted by molar-refractivity contribution is 7.17. The van der Waals surface area contributed by atoms with Crippen molar-refractivity contribution in [2.75, 3.05) is 0 Å². The molecule has 0 unspecified atom stereocenters. The van der Waals surface area contributed by atoms with Gasteiger partial charge in [0.05, 0.1) is 0 Å². The molecule has 0 aliphatic rings. The van der Waals surface area contributed by atoms with Crippen molar-refractivity contribution in [1.82, 2.24) is 0 Å². The summed E-state index contributed by atoms with van der Waals surface area (Å²) in [6, 6.07) is 7.09. The molecule has 1 aromatic carbocycles. The van der Waals surface area contributed by atoms with E-state index in [1.165, 1.54) is 6.07 Å². The second-order valence-electron chi connectivity index (χ2n) is 3.63. The van der Waals surface area contributed by atoms with E-state index in [2.05, 4.69) is 0 Å². The van der Waals surface area contributed by atoms with Crippen LogP contribution >= 0.6 is 11.3 Å². The first-order valence-electron chi connectivity index (χ1n) is 4.91. The standard InChI is InChI=1S/C12H7NO3S/c13-11(14)8-5-6-1-2-9-7(3-4-17-9)10(6)16-12(8)15/h1-5H,(H2,13,14). The van der Waals surface area contributed by atoms with E-state index in [9.17, 15) is 9.59 Å². The average Bonchev–Trinajstić information content (AvgIpc) is 2.76. The van der Waals surface area contributed by atoms with Crippen LogP contribution in [0.5, 0.6) is 0 Å². The van der Waals surface area contributed by atoms with Crippen molar-refractivity contribution in [3.63, 3.8) is 0 Å². The molecule has 0 fully saturated rings. The van der Waals surface area contributed by atoms with Gasteiger partial charge in [0, 0.05) is 15.5 Å². The van der Waals surface area contributed by atoms with Crippen LogP contribution in [0.1, 0.15) is 10.4 Å². The van der Waals surface area contributed by atoms with Gasteiger partial charge in [-0.2, -0.15) is 0 Å². The lowest BCUT2D eigenvalue weighted by Gasteiger charge is -2.00. The first-order chi connectivity index (χ1) is 8.16. The number of thiophene rings is 1. The Kier molecular flexibility index (Phi) is 2.02. The zero-order chi connectivity index (χ0) is 12.0. The van der Waals surface area contributed by atoms with Gasteiger partial charge in [-0.3, -0.25) is 4.79 Å². The fraction of sp³-hybridized carbons (Fsp3) is 0. The number of carbonyl (C=O) groups excluding carboxylic acids is 1. The first-order valence-corrected chi connectivity index (χ1v) is 5.78. The van der Waals surface area contributed by atoms with Crippen molar-refractivity contribution in [2.24, 2.45) is 5.73 Å². The molecule has 2 heterocycles. The van der Waals surface area contributed by atoms with Crippen molar-refractivity contribution in [2.45, 2.75) is 0 Å². The fourth-order valence-corrected chi connectivity index (χ4v) is 2.58. The quantitative estimate of drug-likeness (QED) is 0.667. The number of fused-ring (bicyclic) bond motifs is 3. The molecule has 0 radical (unpaired) electrons. The van der Waals surface area contributed by atoms with Crippen molar-refractivity contribution >= 4 is 38.3 Å². The Labute approximate surface area is 99.3 Å². The van der Waals surface area contributed by atoms with Crippen LogP contribution in [-0.4, -0.2) is 5.91 Å². The maximum atomic E-state index is 11.6. The molecule has 2 N–H and O–H groups in total. The van der Waals surface area contributed by atoms with E-state index >= 15 is 0 Å². The molecule has 2 aromatic heterocycles. The molecule has 0 aliphatic heterocycles. The predicted octanol–water partition coefficient (Wildman–Crippen LogP) is 2.11. The van der Waals surface area contributed by atoms with E-state index in [1.807, 2.05) is 23.6 Å². The summed E-state index contributed by atoms with van der Waals surface area (Å²) in [5.74, 6) is -0.772. The Bertz CT molecular complexity index is 800. The summed E-state index contributed by atoms with van der Waals surface area (Å²) in [6.07, 6.45) is 0. The molecule has 84 valence electrons. The van der Waals surface area contributed by atoms with E-state index in [1.54, 1.807) is 11.3 Å².